The number of aryl methyl sites for hydroxylation is 2. The smallest absolute Gasteiger partial charge is 0.273 e. The number of hydrogen-bond acceptors (Lipinski definition) is 4. The van der Waals surface area contributed by atoms with Crippen molar-refractivity contribution < 1.29 is 9.66 Å². The SMILES string of the molecule is CCc1cc(COc2cc([N+](=O)[O-])ccc2Cl)n(CC)n1. The molecule has 1 heterocycles. The van der Waals surface area contributed by atoms with Crippen molar-refractivity contribution in [3.8, 4) is 5.75 Å². The third-order valence-corrected chi connectivity index (χ3v) is 3.39. The van der Waals surface area contributed by atoms with Crippen molar-refractivity contribution >= 4 is 17.3 Å². The van der Waals surface area contributed by atoms with Gasteiger partial charge in [-0.25, -0.2) is 0 Å². The van der Waals surface area contributed by atoms with Gasteiger partial charge in [-0.05, 0) is 25.5 Å². The number of benzene rings is 1. The minimum atomic E-state index is -0.478. The fraction of sp³-hybridized carbons (Fsp3) is 0.357. The number of hydrogen-bond donors (Lipinski definition) is 0. The van der Waals surface area contributed by atoms with Gasteiger partial charge in [-0.1, -0.05) is 18.5 Å². The first-order valence-corrected chi connectivity index (χ1v) is 7.05. The highest BCUT2D eigenvalue weighted by atomic mass is 35.5. The van der Waals surface area contributed by atoms with Crippen LogP contribution in [0.15, 0.2) is 24.3 Å². The highest BCUT2D eigenvalue weighted by Crippen LogP contribution is 2.29. The van der Waals surface area contributed by atoms with Crippen LogP contribution in [-0.2, 0) is 19.6 Å². The molecule has 0 radical (unpaired) electrons. The molecule has 2 rings (SSSR count). The Labute approximate surface area is 127 Å². The minimum absolute atomic E-state index is 0.0485. The third-order valence-electron chi connectivity index (χ3n) is 3.08. The van der Waals surface area contributed by atoms with E-state index in [2.05, 4.69) is 5.10 Å². The number of ether oxygens (including phenoxy) is 1. The molecule has 112 valence electrons. The lowest BCUT2D eigenvalue weighted by Crippen LogP contribution is -2.06. The second-order valence-electron chi connectivity index (χ2n) is 4.46. The van der Waals surface area contributed by atoms with Gasteiger partial charge in [0.1, 0.15) is 12.4 Å². The van der Waals surface area contributed by atoms with Crippen LogP contribution in [0.5, 0.6) is 5.75 Å². The maximum absolute atomic E-state index is 10.8. The Morgan fingerprint density at radius 3 is 2.76 bits per heavy atom. The molecule has 21 heavy (non-hydrogen) atoms. The molecule has 7 heteroatoms. The number of nitro benzene ring substituents is 1. The van der Waals surface area contributed by atoms with Crippen LogP contribution in [-0.4, -0.2) is 14.7 Å². The molecule has 0 aliphatic carbocycles. The highest BCUT2D eigenvalue weighted by Gasteiger charge is 2.12. The van der Waals surface area contributed by atoms with Gasteiger partial charge in [0.25, 0.3) is 5.69 Å². The lowest BCUT2D eigenvalue weighted by molar-refractivity contribution is -0.384. The van der Waals surface area contributed by atoms with Crippen molar-refractivity contribution in [2.24, 2.45) is 0 Å². The second-order valence-corrected chi connectivity index (χ2v) is 4.86. The van der Waals surface area contributed by atoms with E-state index in [0.29, 0.717) is 10.8 Å². The molecule has 6 nitrogen and oxygen atoms in total. The van der Waals surface area contributed by atoms with Crippen molar-refractivity contribution in [3.63, 3.8) is 0 Å². The zero-order chi connectivity index (χ0) is 15.4. The summed E-state index contributed by atoms with van der Waals surface area (Å²) >= 11 is 6.00. The molecule has 0 amide bonds. The fourth-order valence-corrected chi connectivity index (χ4v) is 2.12. The van der Waals surface area contributed by atoms with Crippen LogP contribution >= 0.6 is 11.6 Å². The summed E-state index contributed by atoms with van der Waals surface area (Å²) in [6.45, 7) is 5.03. The van der Waals surface area contributed by atoms with Crippen molar-refractivity contribution in [1.29, 1.82) is 0 Å². The maximum Gasteiger partial charge on any atom is 0.273 e. The lowest BCUT2D eigenvalue weighted by Gasteiger charge is -2.09. The summed E-state index contributed by atoms with van der Waals surface area (Å²) in [5, 5.41) is 15.5. The number of non-ortho nitro benzene ring substituents is 1. The molecule has 0 aliphatic heterocycles. The molecule has 0 fully saturated rings. The quantitative estimate of drug-likeness (QED) is 0.603. The molecular formula is C14H16ClN3O3. The number of rotatable bonds is 6. The highest BCUT2D eigenvalue weighted by molar-refractivity contribution is 6.32. The molecule has 1 aromatic heterocycles. The van der Waals surface area contributed by atoms with Crippen molar-refractivity contribution in [2.75, 3.05) is 0 Å². The topological polar surface area (TPSA) is 70.2 Å². The van der Waals surface area contributed by atoms with Gasteiger partial charge in [-0.2, -0.15) is 5.10 Å². The van der Waals surface area contributed by atoms with Gasteiger partial charge < -0.3 is 4.74 Å². The molecule has 2 aromatic rings. The average Bonchev–Trinajstić information content (AvgIpc) is 2.88. The predicted molar refractivity (Wildman–Crippen MR) is 79.7 cm³/mol. The average molecular weight is 310 g/mol. The summed E-state index contributed by atoms with van der Waals surface area (Å²) in [4.78, 5) is 10.3. The first-order valence-electron chi connectivity index (χ1n) is 6.67. The molecule has 0 N–H and O–H groups in total. The molecule has 0 saturated heterocycles. The number of nitrogens with zero attached hydrogens (tertiary/aromatic N) is 3. The maximum atomic E-state index is 10.8. The first-order chi connectivity index (χ1) is 10.0. The lowest BCUT2D eigenvalue weighted by atomic mass is 10.3. The zero-order valence-corrected chi connectivity index (χ0v) is 12.6. The van der Waals surface area contributed by atoms with E-state index in [0.717, 1.165) is 24.4 Å². The van der Waals surface area contributed by atoms with Gasteiger partial charge >= 0.3 is 0 Å². The second kappa shape index (κ2) is 6.58. The van der Waals surface area contributed by atoms with Gasteiger partial charge in [0.2, 0.25) is 0 Å². The fourth-order valence-electron chi connectivity index (χ4n) is 1.95. The van der Waals surface area contributed by atoms with E-state index >= 15 is 0 Å². The summed E-state index contributed by atoms with van der Waals surface area (Å²) in [7, 11) is 0. The van der Waals surface area contributed by atoms with Gasteiger partial charge in [0, 0.05) is 12.6 Å². The Balaban J connectivity index is 2.18. The molecule has 0 saturated carbocycles. The largest absolute Gasteiger partial charge is 0.485 e. The van der Waals surface area contributed by atoms with E-state index in [-0.39, 0.29) is 12.3 Å². The third kappa shape index (κ3) is 3.52. The van der Waals surface area contributed by atoms with Crippen molar-refractivity contribution in [1.82, 2.24) is 9.78 Å². The van der Waals surface area contributed by atoms with Gasteiger partial charge in [-0.3, -0.25) is 14.8 Å². The summed E-state index contributed by atoms with van der Waals surface area (Å²) in [6.07, 6.45) is 0.845. The molecular weight excluding hydrogens is 294 g/mol. The van der Waals surface area contributed by atoms with Crippen LogP contribution in [0.25, 0.3) is 0 Å². The number of nitro groups is 1. The standard InChI is InChI=1S/C14H16ClN3O3/c1-3-10-7-12(17(4-2)16-10)9-21-14-8-11(18(19)20)5-6-13(14)15/h5-8H,3-4,9H2,1-2H3. The van der Waals surface area contributed by atoms with Crippen LogP contribution in [0.3, 0.4) is 0 Å². The van der Waals surface area contributed by atoms with Crippen LogP contribution in [0, 0.1) is 10.1 Å². The Morgan fingerprint density at radius 2 is 2.14 bits per heavy atom. The van der Waals surface area contributed by atoms with Gasteiger partial charge in [0.15, 0.2) is 0 Å². The molecule has 0 spiro atoms. The van der Waals surface area contributed by atoms with Crippen LogP contribution in [0.1, 0.15) is 25.2 Å². The summed E-state index contributed by atoms with van der Waals surface area (Å²) in [5.41, 5.74) is 1.85. The predicted octanol–water partition coefficient (Wildman–Crippen LogP) is 3.61. The normalized spacial score (nSPS) is 10.6. The molecule has 1 aromatic carbocycles. The molecule has 0 unspecified atom stereocenters. The van der Waals surface area contributed by atoms with E-state index in [9.17, 15) is 10.1 Å². The summed E-state index contributed by atoms with van der Waals surface area (Å²) in [6, 6.07) is 6.11. The molecule has 0 atom stereocenters. The Morgan fingerprint density at radius 1 is 1.38 bits per heavy atom. The van der Waals surface area contributed by atoms with Crippen molar-refractivity contribution in [2.45, 2.75) is 33.4 Å². The Bertz CT molecular complexity index is 655. The van der Waals surface area contributed by atoms with E-state index in [1.54, 1.807) is 0 Å². The molecule has 0 aliphatic rings. The van der Waals surface area contributed by atoms with E-state index < -0.39 is 4.92 Å². The van der Waals surface area contributed by atoms with E-state index in [1.807, 2.05) is 24.6 Å². The molecule has 0 bridgehead atoms. The van der Waals surface area contributed by atoms with E-state index in [1.165, 1.54) is 18.2 Å². The monoisotopic (exact) mass is 309 g/mol. The van der Waals surface area contributed by atoms with Crippen molar-refractivity contribution in [3.05, 3.63) is 50.8 Å². The number of halogens is 1. The Kier molecular flexibility index (Phi) is 4.80. The van der Waals surface area contributed by atoms with Crippen LogP contribution in [0.4, 0.5) is 5.69 Å². The number of aromatic nitrogens is 2. The van der Waals surface area contributed by atoms with E-state index in [4.69, 9.17) is 16.3 Å². The minimum Gasteiger partial charge on any atom is -0.485 e. The zero-order valence-electron chi connectivity index (χ0n) is 11.9. The summed E-state index contributed by atoms with van der Waals surface area (Å²) in [5.74, 6) is 0.299. The van der Waals surface area contributed by atoms with Gasteiger partial charge in [-0.15, -0.1) is 0 Å². The van der Waals surface area contributed by atoms with Crippen LogP contribution < -0.4 is 4.74 Å². The summed E-state index contributed by atoms with van der Waals surface area (Å²) < 4.78 is 7.47. The first kappa shape index (κ1) is 15.3. The van der Waals surface area contributed by atoms with Crippen LogP contribution in [0.2, 0.25) is 5.02 Å². The Hall–Kier alpha value is -2.08. The van der Waals surface area contributed by atoms with Gasteiger partial charge in [0.05, 0.1) is 27.4 Å².